The second-order valence-corrected chi connectivity index (χ2v) is 6.02. The number of benzene rings is 1. The maximum absolute atomic E-state index is 11.5. The van der Waals surface area contributed by atoms with Crippen LogP contribution >= 0.6 is 15.9 Å². The van der Waals surface area contributed by atoms with Crippen molar-refractivity contribution in [3.05, 3.63) is 46.1 Å². The topological polar surface area (TPSA) is 58.9 Å². The van der Waals surface area contributed by atoms with Crippen molar-refractivity contribution in [1.82, 2.24) is 4.98 Å². The van der Waals surface area contributed by atoms with Crippen LogP contribution in [0, 0.1) is 5.92 Å². The molecule has 0 bridgehead atoms. The van der Waals surface area contributed by atoms with Gasteiger partial charge in [-0.15, -0.1) is 0 Å². The van der Waals surface area contributed by atoms with Crippen molar-refractivity contribution in [3.8, 4) is 11.3 Å². The minimum absolute atomic E-state index is 0.378. The van der Waals surface area contributed by atoms with Gasteiger partial charge in [0.15, 0.2) is 0 Å². The Morgan fingerprint density at radius 2 is 2.16 bits per heavy atom. The van der Waals surface area contributed by atoms with E-state index in [1.54, 1.807) is 0 Å². The fourth-order valence-electron chi connectivity index (χ4n) is 2.32. The molecule has 0 radical (unpaired) electrons. The number of amides is 1. The molecule has 0 aliphatic heterocycles. The number of aromatic amines is 1. The van der Waals surface area contributed by atoms with Crippen LogP contribution in [0.2, 0.25) is 0 Å². The third kappa shape index (κ3) is 2.73. The normalized spacial score (nSPS) is 14.6. The largest absolute Gasteiger partial charge is 0.364 e. The lowest BCUT2D eigenvalue weighted by Crippen LogP contribution is -2.13. The molecule has 4 heteroatoms. The summed E-state index contributed by atoms with van der Waals surface area (Å²) in [5.41, 5.74) is 9.06. The highest BCUT2D eigenvalue weighted by atomic mass is 79.9. The van der Waals surface area contributed by atoms with E-state index in [2.05, 4.69) is 27.0 Å². The number of carbonyl (C=O) groups excluding carboxylic acids is 1. The molecule has 1 heterocycles. The standard InChI is InChI=1S/C15H15BrN2O/c16-12-3-1-2-10(7-12)13-8-11(6-9-4-5-9)14(18-13)15(17)19/h1-3,7-9,18H,4-6H2,(H2,17,19). The Morgan fingerprint density at radius 1 is 1.37 bits per heavy atom. The molecule has 19 heavy (non-hydrogen) atoms. The molecular formula is C15H15BrN2O. The first-order chi connectivity index (χ1) is 9.13. The quantitative estimate of drug-likeness (QED) is 0.890. The van der Waals surface area contributed by atoms with Crippen LogP contribution in [0.3, 0.4) is 0 Å². The van der Waals surface area contributed by atoms with E-state index in [9.17, 15) is 4.79 Å². The lowest BCUT2D eigenvalue weighted by atomic mass is 10.1. The zero-order chi connectivity index (χ0) is 13.4. The molecule has 1 aromatic heterocycles. The van der Waals surface area contributed by atoms with Crippen LogP contribution in [0.4, 0.5) is 0 Å². The molecule has 0 saturated heterocycles. The highest BCUT2D eigenvalue weighted by molar-refractivity contribution is 9.10. The summed E-state index contributed by atoms with van der Waals surface area (Å²) in [5.74, 6) is 0.348. The molecular weight excluding hydrogens is 304 g/mol. The molecule has 1 saturated carbocycles. The van der Waals surface area contributed by atoms with Crippen LogP contribution in [-0.4, -0.2) is 10.9 Å². The van der Waals surface area contributed by atoms with E-state index in [0.29, 0.717) is 5.69 Å². The Kier molecular flexibility index (Phi) is 3.19. The summed E-state index contributed by atoms with van der Waals surface area (Å²) in [7, 11) is 0. The van der Waals surface area contributed by atoms with Crippen LogP contribution in [0.25, 0.3) is 11.3 Å². The van der Waals surface area contributed by atoms with Gasteiger partial charge in [0.25, 0.3) is 5.91 Å². The predicted molar refractivity (Wildman–Crippen MR) is 78.9 cm³/mol. The summed E-state index contributed by atoms with van der Waals surface area (Å²) in [5, 5.41) is 0. The van der Waals surface area contributed by atoms with Gasteiger partial charge in [-0.25, -0.2) is 0 Å². The zero-order valence-electron chi connectivity index (χ0n) is 10.4. The number of nitrogens with one attached hydrogen (secondary N) is 1. The number of primary amides is 1. The molecule has 3 rings (SSSR count). The Morgan fingerprint density at radius 3 is 2.79 bits per heavy atom. The number of carbonyl (C=O) groups is 1. The molecule has 0 spiro atoms. The van der Waals surface area contributed by atoms with E-state index in [4.69, 9.17) is 5.73 Å². The van der Waals surface area contributed by atoms with Gasteiger partial charge in [0.05, 0.1) is 0 Å². The number of nitrogens with two attached hydrogens (primary N) is 1. The molecule has 0 unspecified atom stereocenters. The average Bonchev–Trinajstić information content (AvgIpc) is 3.06. The fourth-order valence-corrected chi connectivity index (χ4v) is 2.72. The summed E-state index contributed by atoms with van der Waals surface area (Å²) in [6.07, 6.45) is 3.47. The van der Waals surface area contributed by atoms with E-state index in [-0.39, 0.29) is 5.91 Å². The van der Waals surface area contributed by atoms with Crippen molar-refractivity contribution in [2.24, 2.45) is 11.7 Å². The Balaban J connectivity index is 1.99. The highest BCUT2D eigenvalue weighted by Crippen LogP contribution is 2.35. The van der Waals surface area contributed by atoms with Crippen LogP contribution in [0.1, 0.15) is 28.9 Å². The second-order valence-electron chi connectivity index (χ2n) is 5.11. The minimum atomic E-state index is -0.378. The molecule has 1 fully saturated rings. The lowest BCUT2D eigenvalue weighted by Gasteiger charge is -1.98. The predicted octanol–water partition coefficient (Wildman–Crippen LogP) is 3.50. The number of aromatic nitrogens is 1. The monoisotopic (exact) mass is 318 g/mol. The Bertz CT molecular complexity index is 629. The van der Waals surface area contributed by atoms with E-state index < -0.39 is 0 Å². The molecule has 1 aliphatic rings. The van der Waals surface area contributed by atoms with Crippen molar-refractivity contribution < 1.29 is 4.79 Å². The number of rotatable bonds is 4. The molecule has 1 aromatic carbocycles. The van der Waals surface area contributed by atoms with Crippen LogP contribution < -0.4 is 5.73 Å². The zero-order valence-corrected chi connectivity index (χ0v) is 12.0. The maximum atomic E-state index is 11.5. The van der Waals surface area contributed by atoms with Crippen molar-refractivity contribution in [2.75, 3.05) is 0 Å². The van der Waals surface area contributed by atoms with Gasteiger partial charge in [-0.1, -0.05) is 28.1 Å². The van der Waals surface area contributed by atoms with E-state index in [0.717, 1.165) is 33.6 Å². The fraction of sp³-hybridized carbons (Fsp3) is 0.267. The molecule has 3 nitrogen and oxygen atoms in total. The van der Waals surface area contributed by atoms with Gasteiger partial charge in [0, 0.05) is 10.2 Å². The van der Waals surface area contributed by atoms with Gasteiger partial charge in [0.2, 0.25) is 0 Å². The lowest BCUT2D eigenvalue weighted by molar-refractivity contribution is 0.0995. The number of H-pyrrole nitrogens is 1. The van der Waals surface area contributed by atoms with Gasteiger partial charge in [0.1, 0.15) is 5.69 Å². The molecule has 1 aliphatic carbocycles. The first-order valence-electron chi connectivity index (χ1n) is 6.41. The minimum Gasteiger partial charge on any atom is -0.364 e. The molecule has 98 valence electrons. The molecule has 0 atom stereocenters. The first-order valence-corrected chi connectivity index (χ1v) is 7.20. The number of halogens is 1. The van der Waals surface area contributed by atoms with Gasteiger partial charge < -0.3 is 10.7 Å². The van der Waals surface area contributed by atoms with Gasteiger partial charge >= 0.3 is 0 Å². The SMILES string of the molecule is NC(=O)c1[nH]c(-c2cccc(Br)c2)cc1CC1CC1. The van der Waals surface area contributed by atoms with Crippen LogP contribution in [0.15, 0.2) is 34.8 Å². The summed E-state index contributed by atoms with van der Waals surface area (Å²) < 4.78 is 1.02. The first kappa shape index (κ1) is 12.5. The highest BCUT2D eigenvalue weighted by Gasteiger charge is 2.25. The van der Waals surface area contributed by atoms with Gasteiger partial charge in [-0.3, -0.25) is 4.79 Å². The summed E-state index contributed by atoms with van der Waals surface area (Å²) in [6.45, 7) is 0. The van der Waals surface area contributed by atoms with Gasteiger partial charge in [-0.05, 0) is 54.5 Å². The third-order valence-corrected chi connectivity index (χ3v) is 3.98. The number of hydrogen-bond donors (Lipinski definition) is 2. The molecule has 1 amide bonds. The maximum Gasteiger partial charge on any atom is 0.265 e. The van der Waals surface area contributed by atoms with Crippen molar-refractivity contribution in [2.45, 2.75) is 19.3 Å². The Hall–Kier alpha value is -1.55. The van der Waals surface area contributed by atoms with Crippen LogP contribution in [0.5, 0.6) is 0 Å². The van der Waals surface area contributed by atoms with E-state index in [1.165, 1.54) is 12.8 Å². The summed E-state index contributed by atoms with van der Waals surface area (Å²) in [6, 6.07) is 10.1. The Labute approximate surface area is 120 Å². The smallest absolute Gasteiger partial charge is 0.265 e. The summed E-state index contributed by atoms with van der Waals surface area (Å²) in [4.78, 5) is 14.7. The van der Waals surface area contributed by atoms with Crippen molar-refractivity contribution >= 4 is 21.8 Å². The van der Waals surface area contributed by atoms with Gasteiger partial charge in [-0.2, -0.15) is 0 Å². The van der Waals surface area contributed by atoms with E-state index >= 15 is 0 Å². The number of hydrogen-bond acceptors (Lipinski definition) is 1. The molecule has 3 N–H and O–H groups in total. The molecule has 2 aromatic rings. The average molecular weight is 319 g/mol. The van der Waals surface area contributed by atoms with E-state index in [1.807, 2.05) is 24.3 Å². The van der Waals surface area contributed by atoms with Crippen molar-refractivity contribution in [1.29, 1.82) is 0 Å². The van der Waals surface area contributed by atoms with Crippen LogP contribution in [-0.2, 0) is 6.42 Å². The third-order valence-electron chi connectivity index (χ3n) is 3.49. The summed E-state index contributed by atoms with van der Waals surface area (Å²) >= 11 is 3.46. The second kappa shape index (κ2) is 4.85. The van der Waals surface area contributed by atoms with Crippen molar-refractivity contribution in [3.63, 3.8) is 0 Å².